The van der Waals surface area contributed by atoms with Crippen molar-refractivity contribution in [2.75, 3.05) is 9.80 Å². The topological polar surface area (TPSA) is 6.48 Å². The summed E-state index contributed by atoms with van der Waals surface area (Å²) in [6.45, 7) is 35.8. The third-order valence-corrected chi connectivity index (χ3v) is 37.6. The highest BCUT2D eigenvalue weighted by Crippen LogP contribution is 2.60. The van der Waals surface area contributed by atoms with Gasteiger partial charge in [0.15, 0.2) is 0 Å². The molecule has 0 amide bonds. The van der Waals surface area contributed by atoms with E-state index in [0.29, 0.717) is 0 Å². The molecule has 0 N–H and O–H groups in total. The zero-order valence-corrected chi connectivity index (χ0v) is 89.7. The van der Waals surface area contributed by atoms with Gasteiger partial charge in [-0.3, -0.25) is 0 Å². The summed E-state index contributed by atoms with van der Waals surface area (Å²) in [5.74, 6) is 0. The molecule has 25 aromatic carbocycles. The van der Waals surface area contributed by atoms with E-state index < -0.39 is 16.1 Å². The average Bonchev–Trinajstić information content (AvgIpc) is 1.67. The van der Waals surface area contributed by atoms with Crippen molar-refractivity contribution in [1.29, 1.82) is 0 Å². The molecule has 4 heteroatoms. The molecule has 3 aliphatic rings. The van der Waals surface area contributed by atoms with E-state index in [0.717, 1.165) is 34.1 Å². The SMILES string of the molecule is CC(C)(C)c1ccc(-c2ccc3ccc4c5c(cc6ccc2c3c64)-c2cc(-c3ccccc3)ccc2C5(C)C)cc1.CC1(C)c2ccccc2-c2cc3ccc4c(-c5ccc(N(c6ccccc6)c6ccccc6)cc5)cc(-c5ccc(N(c6ccccc6)c6ccccc6)cc5)c5ccc(c21)c3c45.CC1(C)c2ccccc2-c2cc3ccc4c(-c5ccc([Si](C)(C)C)cc5)cc(-c5ccc([Si](C)(C)C)cc5)c5ccc(c21)c3c45. The number of para-hydroxylation sites is 4. The Bertz CT molecular complexity index is 9260. The van der Waals surface area contributed by atoms with Gasteiger partial charge in [-0.25, -0.2) is 0 Å². The van der Waals surface area contributed by atoms with Crippen LogP contribution >= 0.6 is 0 Å². The molecule has 0 fully saturated rings. The molecule has 0 aliphatic heterocycles. The van der Waals surface area contributed by atoms with Gasteiger partial charge < -0.3 is 9.80 Å². The summed E-state index contributed by atoms with van der Waals surface area (Å²) in [4.78, 5) is 4.66. The van der Waals surface area contributed by atoms with E-state index in [1.807, 2.05) is 0 Å². The van der Waals surface area contributed by atoms with E-state index in [1.165, 1.54) is 246 Å². The van der Waals surface area contributed by atoms with Gasteiger partial charge in [0.25, 0.3) is 0 Å². The minimum Gasteiger partial charge on any atom is -0.311 e. The lowest BCUT2D eigenvalue weighted by atomic mass is 9.78. The summed E-state index contributed by atoms with van der Waals surface area (Å²) >= 11 is 0. The highest BCUT2D eigenvalue weighted by molar-refractivity contribution is 6.89. The zero-order valence-electron chi connectivity index (χ0n) is 87.7. The molecule has 0 radical (unpaired) electrons. The monoisotopic (exact) mass is 1940 g/mol. The van der Waals surface area contributed by atoms with E-state index in [2.05, 4.69) is 566 Å². The van der Waals surface area contributed by atoms with Gasteiger partial charge in [0.05, 0.1) is 16.1 Å². The summed E-state index contributed by atoms with van der Waals surface area (Å²) in [5.41, 5.74) is 40.0. The maximum absolute atomic E-state index is 2.47. The highest BCUT2D eigenvalue weighted by atomic mass is 28.3. The average molecular weight is 1950 g/mol. The third kappa shape index (κ3) is 15.2. The van der Waals surface area contributed by atoms with Gasteiger partial charge in [-0.05, 0) is 351 Å². The predicted octanol–water partition coefficient (Wildman–Crippen LogP) is 40.0. The normalized spacial score (nSPS) is 13.6. The van der Waals surface area contributed by atoms with Crippen molar-refractivity contribution < 1.29 is 0 Å². The number of benzene rings is 25. The van der Waals surface area contributed by atoms with Gasteiger partial charge in [0.1, 0.15) is 0 Å². The van der Waals surface area contributed by atoms with Crippen LogP contribution in [-0.4, -0.2) is 16.1 Å². The van der Waals surface area contributed by atoms with Crippen molar-refractivity contribution in [2.45, 2.75) is 123 Å². The first kappa shape index (κ1) is 92.5. The smallest absolute Gasteiger partial charge is 0.0775 e. The lowest BCUT2D eigenvalue weighted by Gasteiger charge is -2.26. The molecule has 0 bridgehead atoms. The lowest BCUT2D eigenvalue weighted by Crippen LogP contribution is -2.37. The molecule has 0 saturated heterocycles. The predicted molar refractivity (Wildman–Crippen MR) is 650 cm³/mol. The van der Waals surface area contributed by atoms with Crippen LogP contribution < -0.4 is 20.2 Å². The van der Waals surface area contributed by atoms with Gasteiger partial charge >= 0.3 is 0 Å². The standard InChI is InChI=1S/C61H44N2.C43H42Si2.C41H34/c1-61(2)57-26-16-15-25-50(57)56-39-43-31-36-51-54(41-27-32-48(33-28-41)62(44-17-7-3-8-18-44)45-19-9-4-10-20-45)40-55(52-37-38-53(60(56)61)58(43)59(51)52)42-29-34-49(35-30-42)63(46-21-11-5-12-22-46)47-23-13-6-14-24-47;1-43(2)39-12-10-9-11-32(39)38-25-29-17-22-33-36(27-13-18-30(19-14-27)44(3,4)5)26-37(28-15-20-31(21-16-28)45(6,7)8)34-23-24-35(42(38)43)40(29)41(33)34;1-40(2,3)30-17-11-26(12-18-30)31-19-13-27-14-21-33-38-29(15-20-32(31)37(27)38)24-35-34-23-28(25-9-7-6-8-10-25)16-22-36(34)41(4,5)39(33)35/h3-40H,1-2H3;9-26H,1-8H3;6-24H,1-5H3. The highest BCUT2D eigenvalue weighted by Gasteiger charge is 2.42. The number of hydrogen-bond acceptors (Lipinski definition) is 2. The van der Waals surface area contributed by atoms with Crippen LogP contribution in [0.1, 0.15) is 101 Å². The maximum Gasteiger partial charge on any atom is 0.0775 e. The summed E-state index contributed by atoms with van der Waals surface area (Å²) in [5, 5.41) is 27.2. The number of hydrogen-bond donors (Lipinski definition) is 0. The van der Waals surface area contributed by atoms with Gasteiger partial charge in [0, 0.05) is 50.4 Å². The summed E-state index contributed by atoms with van der Waals surface area (Å²) < 4.78 is 0. The molecule has 0 unspecified atom stereocenters. The number of fused-ring (bicyclic) bond motifs is 12. The van der Waals surface area contributed by atoms with Crippen LogP contribution in [0.25, 0.3) is 197 Å². The minimum atomic E-state index is -1.40. The van der Waals surface area contributed by atoms with Crippen LogP contribution in [0.15, 0.2) is 455 Å². The second-order valence-corrected chi connectivity index (χ2v) is 56.7. The Balaban J connectivity index is 0.000000116. The second kappa shape index (κ2) is 34.9. The van der Waals surface area contributed by atoms with Crippen LogP contribution in [0.5, 0.6) is 0 Å². The largest absolute Gasteiger partial charge is 0.311 e. The molecule has 3 aliphatic carbocycles. The molecule has 25 aromatic rings. The van der Waals surface area contributed by atoms with Crippen molar-refractivity contribution in [1.82, 2.24) is 0 Å². The third-order valence-electron chi connectivity index (χ3n) is 33.4. The van der Waals surface area contributed by atoms with Crippen molar-refractivity contribution in [3.63, 3.8) is 0 Å². The Hall–Kier alpha value is -16.3. The van der Waals surface area contributed by atoms with Crippen molar-refractivity contribution in [3.8, 4) is 100 Å². The van der Waals surface area contributed by atoms with Gasteiger partial charge in [0.2, 0.25) is 0 Å². The Morgan fingerprint density at radius 1 is 0.181 bits per heavy atom. The van der Waals surface area contributed by atoms with E-state index in [9.17, 15) is 0 Å². The van der Waals surface area contributed by atoms with Crippen molar-refractivity contribution >= 4 is 158 Å². The Labute approximate surface area is 878 Å². The molecule has 2 nitrogen and oxygen atoms in total. The molecular formula is C145H120N2Si2. The molecule has 0 spiro atoms. The number of rotatable bonds is 14. The summed E-state index contributed by atoms with van der Waals surface area (Å²) in [7, 11) is -2.79. The van der Waals surface area contributed by atoms with Gasteiger partial charge in [-0.1, -0.05) is 458 Å². The van der Waals surface area contributed by atoms with Gasteiger partial charge in [-0.2, -0.15) is 0 Å². The number of anilines is 6. The summed E-state index contributed by atoms with van der Waals surface area (Å²) in [6.07, 6.45) is 0. The van der Waals surface area contributed by atoms with Crippen LogP contribution in [0.4, 0.5) is 34.1 Å². The quantitative estimate of drug-likeness (QED) is 0.0791. The van der Waals surface area contributed by atoms with E-state index in [1.54, 1.807) is 0 Å². The number of nitrogens with zero attached hydrogens (tertiary/aromatic N) is 2. The van der Waals surface area contributed by atoms with E-state index in [-0.39, 0.29) is 21.7 Å². The van der Waals surface area contributed by atoms with Crippen LogP contribution in [0.2, 0.25) is 39.3 Å². The summed E-state index contributed by atoms with van der Waals surface area (Å²) in [6, 6.07) is 170. The first-order valence-corrected chi connectivity index (χ1v) is 60.2. The molecule has 28 rings (SSSR count). The molecule has 0 saturated carbocycles. The fourth-order valence-electron chi connectivity index (χ4n) is 26.0. The van der Waals surface area contributed by atoms with Crippen LogP contribution in [0.3, 0.4) is 0 Å². The van der Waals surface area contributed by atoms with Crippen molar-refractivity contribution in [3.05, 3.63) is 494 Å². The molecule has 0 atom stereocenters. The van der Waals surface area contributed by atoms with Crippen LogP contribution in [-0.2, 0) is 21.7 Å². The molecule has 0 heterocycles. The Kier molecular flexibility index (Phi) is 21.7. The van der Waals surface area contributed by atoms with E-state index in [4.69, 9.17) is 0 Å². The lowest BCUT2D eigenvalue weighted by molar-refractivity contribution is 0.590. The first-order valence-electron chi connectivity index (χ1n) is 53.2. The Morgan fingerprint density at radius 3 is 0.826 bits per heavy atom. The maximum atomic E-state index is 2.47. The Morgan fingerprint density at radius 2 is 0.450 bits per heavy atom. The van der Waals surface area contributed by atoms with Crippen molar-refractivity contribution in [2.24, 2.45) is 0 Å². The molecule has 718 valence electrons. The van der Waals surface area contributed by atoms with E-state index >= 15 is 0 Å². The van der Waals surface area contributed by atoms with Crippen LogP contribution in [0, 0.1) is 0 Å². The second-order valence-electron chi connectivity index (χ2n) is 46.6. The minimum absolute atomic E-state index is 0.0563. The molecular weight excluding hydrogens is 1830 g/mol. The fourth-order valence-corrected chi connectivity index (χ4v) is 28.3. The first-order chi connectivity index (χ1) is 72.1. The zero-order chi connectivity index (χ0) is 102. The van der Waals surface area contributed by atoms with Gasteiger partial charge in [-0.15, -0.1) is 0 Å². The fraction of sp³-hybridized carbons (Fsp3) is 0.131. The molecule has 0 aromatic heterocycles. The molecule has 149 heavy (non-hydrogen) atoms.